The van der Waals surface area contributed by atoms with Gasteiger partial charge in [0.15, 0.2) is 0 Å². The van der Waals surface area contributed by atoms with Gasteiger partial charge in [-0.3, -0.25) is 4.79 Å². The zero-order valence-electron chi connectivity index (χ0n) is 13.6. The number of aliphatic carboxylic acids is 1. The molecule has 0 heterocycles. The van der Waals surface area contributed by atoms with E-state index in [1.807, 2.05) is 6.92 Å². The van der Waals surface area contributed by atoms with Gasteiger partial charge >= 0.3 is 11.9 Å². The fourth-order valence-electron chi connectivity index (χ4n) is 1.84. The van der Waals surface area contributed by atoms with Crippen molar-refractivity contribution < 1.29 is 24.8 Å². The van der Waals surface area contributed by atoms with Crippen molar-refractivity contribution in [1.82, 2.24) is 0 Å². The largest absolute Gasteiger partial charge is 0.481 e. The number of carboxylic acid groups (broad SMARTS) is 1. The second-order valence-electron chi connectivity index (χ2n) is 5.19. The number of hydrogen-bond donors (Lipinski definition) is 2. The average molecular weight is 304 g/mol. The first-order valence-electron chi connectivity index (χ1n) is 8.14. The monoisotopic (exact) mass is 304 g/mol. The van der Waals surface area contributed by atoms with Gasteiger partial charge < -0.3 is 9.99 Å². The van der Waals surface area contributed by atoms with Crippen LogP contribution in [-0.4, -0.2) is 22.3 Å². The summed E-state index contributed by atoms with van der Waals surface area (Å²) < 4.78 is 0. The Labute approximate surface area is 128 Å². The molecule has 0 amide bonds. The van der Waals surface area contributed by atoms with E-state index in [0.717, 1.165) is 12.8 Å². The third kappa shape index (κ3) is 24.3. The predicted molar refractivity (Wildman–Crippen MR) is 83.1 cm³/mol. The Morgan fingerprint density at radius 1 is 0.762 bits per heavy atom. The van der Waals surface area contributed by atoms with E-state index in [1.54, 1.807) is 0 Å². The van der Waals surface area contributed by atoms with E-state index in [2.05, 4.69) is 11.8 Å². The van der Waals surface area contributed by atoms with Gasteiger partial charge in [-0.1, -0.05) is 65.2 Å². The first-order valence-corrected chi connectivity index (χ1v) is 8.14. The van der Waals surface area contributed by atoms with Crippen LogP contribution in [0.2, 0.25) is 0 Å². The van der Waals surface area contributed by atoms with Gasteiger partial charge in [0.25, 0.3) is 0 Å². The molecule has 0 aliphatic carbocycles. The second kappa shape index (κ2) is 18.9. The van der Waals surface area contributed by atoms with Gasteiger partial charge in [0, 0.05) is 12.8 Å². The lowest BCUT2D eigenvalue weighted by atomic mass is 10.1. The highest BCUT2D eigenvalue weighted by Crippen LogP contribution is 2.10. The van der Waals surface area contributed by atoms with Crippen LogP contribution in [-0.2, 0) is 14.5 Å². The number of hydrogen-bond acceptors (Lipinski definition) is 4. The molecule has 0 aromatic rings. The highest BCUT2D eigenvalue weighted by atomic mass is 17.1. The van der Waals surface area contributed by atoms with Crippen LogP contribution in [0.25, 0.3) is 0 Å². The molecular formula is C16H32O5. The lowest BCUT2D eigenvalue weighted by molar-refractivity contribution is -0.234. The maximum absolute atomic E-state index is 10.2. The van der Waals surface area contributed by atoms with E-state index in [9.17, 15) is 9.59 Å². The van der Waals surface area contributed by atoms with Crippen LogP contribution >= 0.6 is 0 Å². The summed E-state index contributed by atoms with van der Waals surface area (Å²) in [5.74, 6) is -1.23. The molecule has 0 unspecified atom stereocenters. The Kier molecular flexibility index (Phi) is 20.0. The van der Waals surface area contributed by atoms with Crippen molar-refractivity contribution in [3.8, 4) is 0 Å². The average Bonchev–Trinajstić information content (AvgIpc) is 2.46. The normalized spacial score (nSPS) is 9.67. The summed E-state index contributed by atoms with van der Waals surface area (Å²) in [5.41, 5.74) is 0. The molecular weight excluding hydrogens is 272 g/mol. The lowest BCUT2D eigenvalue weighted by Gasteiger charge is -2.00. The highest BCUT2D eigenvalue weighted by Gasteiger charge is 1.96. The van der Waals surface area contributed by atoms with E-state index in [-0.39, 0.29) is 6.42 Å². The number of carboxylic acids is 1. The van der Waals surface area contributed by atoms with E-state index in [4.69, 9.17) is 10.4 Å². The zero-order valence-corrected chi connectivity index (χ0v) is 13.6. The molecule has 0 fully saturated rings. The Morgan fingerprint density at radius 3 is 1.57 bits per heavy atom. The summed E-state index contributed by atoms with van der Waals surface area (Å²) in [6.45, 7) is 4.06. The molecule has 2 N–H and O–H groups in total. The van der Waals surface area contributed by atoms with Crippen LogP contribution in [0.5, 0.6) is 0 Å². The topological polar surface area (TPSA) is 83.8 Å². The molecule has 126 valence electrons. The van der Waals surface area contributed by atoms with Gasteiger partial charge in [0.05, 0.1) is 0 Å². The molecule has 0 bridgehead atoms. The van der Waals surface area contributed by atoms with Gasteiger partial charge in [-0.15, -0.1) is 0 Å². The summed E-state index contributed by atoms with van der Waals surface area (Å²) in [5, 5.41) is 16.0. The molecule has 0 saturated carbocycles. The molecule has 0 aromatic heterocycles. The third-order valence-electron chi connectivity index (χ3n) is 3.05. The highest BCUT2D eigenvalue weighted by molar-refractivity contribution is 5.68. The van der Waals surface area contributed by atoms with Crippen molar-refractivity contribution in [3.05, 3.63) is 0 Å². The maximum Gasteiger partial charge on any atom is 0.342 e. The van der Waals surface area contributed by atoms with E-state index in [1.165, 1.54) is 44.9 Å². The quantitative estimate of drug-likeness (QED) is 0.307. The molecule has 0 spiro atoms. The molecule has 5 nitrogen and oxygen atoms in total. The van der Waals surface area contributed by atoms with Gasteiger partial charge in [-0.25, -0.2) is 4.79 Å². The summed E-state index contributed by atoms with van der Waals surface area (Å²) in [6, 6.07) is 0. The number of unbranched alkanes of at least 4 members (excludes halogenated alkanes) is 8. The molecule has 0 aliphatic heterocycles. The predicted octanol–water partition coefficient (Wildman–Crippen LogP) is 4.79. The minimum atomic E-state index is -0.659. The third-order valence-corrected chi connectivity index (χ3v) is 3.05. The van der Waals surface area contributed by atoms with Gasteiger partial charge in [-0.2, -0.15) is 5.26 Å². The van der Waals surface area contributed by atoms with Crippen molar-refractivity contribution in [2.45, 2.75) is 90.9 Å². The van der Waals surface area contributed by atoms with Crippen LogP contribution in [0.1, 0.15) is 90.9 Å². The van der Waals surface area contributed by atoms with Crippen molar-refractivity contribution in [3.63, 3.8) is 0 Å². The van der Waals surface area contributed by atoms with Crippen molar-refractivity contribution in [2.24, 2.45) is 0 Å². The Morgan fingerprint density at radius 2 is 1.24 bits per heavy atom. The molecule has 0 saturated heterocycles. The Balaban J connectivity index is 0. The van der Waals surface area contributed by atoms with Gasteiger partial charge in [-0.05, 0) is 12.8 Å². The van der Waals surface area contributed by atoms with Crippen LogP contribution in [0.15, 0.2) is 0 Å². The van der Waals surface area contributed by atoms with Gasteiger partial charge in [0.2, 0.25) is 0 Å². The van der Waals surface area contributed by atoms with Crippen LogP contribution in [0.4, 0.5) is 0 Å². The molecule has 0 aromatic carbocycles. The molecule has 21 heavy (non-hydrogen) atoms. The molecule has 5 heteroatoms. The fourth-order valence-corrected chi connectivity index (χ4v) is 1.84. The van der Waals surface area contributed by atoms with E-state index in [0.29, 0.717) is 12.8 Å². The second-order valence-corrected chi connectivity index (χ2v) is 5.19. The minimum Gasteiger partial charge on any atom is -0.481 e. The van der Waals surface area contributed by atoms with Gasteiger partial charge in [0.1, 0.15) is 0 Å². The van der Waals surface area contributed by atoms with Crippen LogP contribution in [0, 0.1) is 0 Å². The van der Waals surface area contributed by atoms with Crippen molar-refractivity contribution in [1.29, 1.82) is 0 Å². The van der Waals surface area contributed by atoms with E-state index < -0.39 is 11.9 Å². The van der Waals surface area contributed by atoms with Crippen LogP contribution < -0.4 is 0 Å². The van der Waals surface area contributed by atoms with Crippen LogP contribution in [0.3, 0.4) is 0 Å². The summed E-state index contributed by atoms with van der Waals surface area (Å²) in [4.78, 5) is 23.5. The lowest BCUT2D eigenvalue weighted by Crippen LogP contribution is -1.97. The summed E-state index contributed by atoms with van der Waals surface area (Å²) in [7, 11) is 0. The number of carbonyl (C=O) groups is 2. The SMILES string of the molecule is CCCC(=O)OO.CCCCCCCCCCCC(=O)O. The minimum absolute atomic E-state index is 0.288. The standard InChI is InChI=1S/C12H24O2.C4H8O3/c1-2-3-4-5-6-7-8-9-10-11-12(13)14;1-2-3-4(5)7-6/h2-11H2,1H3,(H,13,14);6H,2-3H2,1H3. The fraction of sp³-hybridized carbons (Fsp3) is 0.875. The Hall–Kier alpha value is -1.10. The van der Waals surface area contributed by atoms with Crippen molar-refractivity contribution in [2.75, 3.05) is 0 Å². The summed E-state index contributed by atoms with van der Waals surface area (Å²) in [6.07, 6.45) is 12.5. The number of carbonyl (C=O) groups excluding carboxylic acids is 1. The van der Waals surface area contributed by atoms with E-state index >= 15 is 0 Å². The number of rotatable bonds is 12. The first kappa shape index (κ1) is 22.2. The zero-order chi connectivity index (χ0) is 16.3. The Bertz CT molecular complexity index is 241. The first-order chi connectivity index (χ1) is 10.1. The maximum atomic E-state index is 10.2. The smallest absolute Gasteiger partial charge is 0.342 e. The molecule has 0 atom stereocenters. The molecule has 0 rings (SSSR count). The molecule has 0 aliphatic rings. The summed E-state index contributed by atoms with van der Waals surface area (Å²) >= 11 is 0. The molecule has 0 radical (unpaired) electrons. The van der Waals surface area contributed by atoms with Crippen molar-refractivity contribution >= 4 is 11.9 Å².